The molecule has 21 heavy (non-hydrogen) atoms. The van der Waals surface area contributed by atoms with Gasteiger partial charge in [-0.15, -0.1) is 0 Å². The Kier molecular flexibility index (Phi) is 3.28. The number of carbonyl (C=O) groups excluding carboxylic acids is 2. The normalized spacial score (nSPS) is 24.7. The SMILES string of the molecule is CN1C(=O)C(C)(C)[C@@](C)(c2cccc(C(N)=O)c2)N=C1N. The van der Waals surface area contributed by atoms with E-state index >= 15 is 0 Å². The largest absolute Gasteiger partial charge is 0.369 e. The zero-order chi connectivity index (χ0) is 16.0. The van der Waals surface area contributed by atoms with Gasteiger partial charge in [0.25, 0.3) is 0 Å². The monoisotopic (exact) mass is 288 g/mol. The molecule has 1 atom stereocenters. The summed E-state index contributed by atoms with van der Waals surface area (Å²) < 4.78 is 0. The highest BCUT2D eigenvalue weighted by molar-refractivity contribution is 6.01. The number of aliphatic imine (C=N–C) groups is 1. The molecular weight excluding hydrogens is 268 g/mol. The van der Waals surface area contributed by atoms with Crippen molar-refractivity contribution in [1.29, 1.82) is 0 Å². The van der Waals surface area contributed by atoms with Crippen molar-refractivity contribution >= 4 is 17.8 Å². The molecule has 0 spiro atoms. The Labute approximate surface area is 123 Å². The zero-order valence-corrected chi connectivity index (χ0v) is 12.7. The molecule has 0 aliphatic carbocycles. The minimum absolute atomic E-state index is 0.123. The van der Waals surface area contributed by atoms with Crippen LogP contribution in [0, 0.1) is 5.41 Å². The third-order valence-corrected chi connectivity index (χ3v) is 4.45. The molecule has 0 unspecified atom stereocenters. The lowest BCUT2D eigenvalue weighted by atomic mass is 9.67. The van der Waals surface area contributed by atoms with Gasteiger partial charge in [-0.2, -0.15) is 0 Å². The van der Waals surface area contributed by atoms with E-state index in [-0.39, 0.29) is 11.9 Å². The van der Waals surface area contributed by atoms with Crippen LogP contribution in [0.15, 0.2) is 29.3 Å². The summed E-state index contributed by atoms with van der Waals surface area (Å²) in [6.07, 6.45) is 0. The van der Waals surface area contributed by atoms with Crippen LogP contribution < -0.4 is 11.5 Å². The number of nitrogens with zero attached hydrogens (tertiary/aromatic N) is 2. The average molecular weight is 288 g/mol. The number of primary amides is 1. The van der Waals surface area contributed by atoms with Gasteiger partial charge in [0.1, 0.15) is 5.54 Å². The van der Waals surface area contributed by atoms with Crippen LogP contribution in [0.5, 0.6) is 0 Å². The van der Waals surface area contributed by atoms with Crippen molar-refractivity contribution < 1.29 is 9.59 Å². The molecule has 0 saturated carbocycles. The average Bonchev–Trinajstić information content (AvgIpc) is 2.43. The Morgan fingerprint density at radius 2 is 1.90 bits per heavy atom. The Morgan fingerprint density at radius 3 is 2.48 bits per heavy atom. The number of benzene rings is 1. The van der Waals surface area contributed by atoms with E-state index in [0.717, 1.165) is 5.56 Å². The van der Waals surface area contributed by atoms with Crippen LogP contribution in [0.1, 0.15) is 36.7 Å². The van der Waals surface area contributed by atoms with Crippen molar-refractivity contribution in [3.63, 3.8) is 0 Å². The quantitative estimate of drug-likeness (QED) is 0.842. The van der Waals surface area contributed by atoms with Crippen molar-refractivity contribution in [2.45, 2.75) is 26.3 Å². The molecule has 1 aliphatic heterocycles. The van der Waals surface area contributed by atoms with Crippen LogP contribution in [-0.4, -0.2) is 29.7 Å². The molecule has 0 fully saturated rings. The van der Waals surface area contributed by atoms with Gasteiger partial charge >= 0.3 is 0 Å². The predicted molar refractivity (Wildman–Crippen MR) is 80.5 cm³/mol. The smallest absolute Gasteiger partial charge is 0.248 e. The fourth-order valence-electron chi connectivity index (χ4n) is 2.58. The summed E-state index contributed by atoms with van der Waals surface area (Å²) in [7, 11) is 1.60. The van der Waals surface area contributed by atoms with Crippen LogP contribution >= 0.6 is 0 Å². The second-order valence-corrected chi connectivity index (χ2v) is 5.98. The minimum atomic E-state index is -0.869. The Morgan fingerprint density at radius 1 is 1.29 bits per heavy atom. The van der Waals surface area contributed by atoms with Gasteiger partial charge in [-0.3, -0.25) is 14.5 Å². The Hall–Kier alpha value is -2.37. The highest BCUT2D eigenvalue weighted by Crippen LogP contribution is 2.46. The third-order valence-electron chi connectivity index (χ3n) is 4.45. The van der Waals surface area contributed by atoms with Crippen LogP contribution in [0.2, 0.25) is 0 Å². The highest BCUT2D eigenvalue weighted by Gasteiger charge is 2.52. The first-order valence-corrected chi connectivity index (χ1v) is 6.65. The van der Waals surface area contributed by atoms with Gasteiger partial charge in [0.05, 0.1) is 5.41 Å². The lowest BCUT2D eigenvalue weighted by molar-refractivity contribution is -0.140. The predicted octanol–water partition coefficient (Wildman–Crippen LogP) is 0.814. The van der Waals surface area contributed by atoms with Crippen LogP contribution in [-0.2, 0) is 10.3 Å². The topological polar surface area (TPSA) is 102 Å². The fourth-order valence-corrected chi connectivity index (χ4v) is 2.58. The second-order valence-electron chi connectivity index (χ2n) is 5.98. The van der Waals surface area contributed by atoms with Gasteiger partial charge in [0.2, 0.25) is 11.8 Å². The lowest BCUT2D eigenvalue weighted by Gasteiger charge is -2.46. The van der Waals surface area contributed by atoms with Gasteiger partial charge < -0.3 is 11.5 Å². The second kappa shape index (κ2) is 4.58. The molecule has 0 bridgehead atoms. The highest BCUT2D eigenvalue weighted by atomic mass is 16.2. The minimum Gasteiger partial charge on any atom is -0.369 e. The first kappa shape index (κ1) is 15.0. The summed E-state index contributed by atoms with van der Waals surface area (Å²) in [5.41, 5.74) is 10.6. The lowest BCUT2D eigenvalue weighted by Crippen LogP contribution is -2.58. The van der Waals surface area contributed by atoms with E-state index in [1.165, 1.54) is 4.90 Å². The molecule has 6 heteroatoms. The molecule has 2 amide bonds. The number of carbonyl (C=O) groups is 2. The van der Waals surface area contributed by atoms with Crippen LogP contribution in [0.25, 0.3) is 0 Å². The van der Waals surface area contributed by atoms with E-state index in [1.54, 1.807) is 25.2 Å². The van der Waals surface area contributed by atoms with Crippen molar-refractivity contribution in [2.24, 2.45) is 21.9 Å². The fraction of sp³-hybridized carbons (Fsp3) is 0.400. The summed E-state index contributed by atoms with van der Waals surface area (Å²) in [5.74, 6) is -0.484. The van der Waals surface area contributed by atoms with E-state index in [9.17, 15) is 9.59 Å². The first-order chi connectivity index (χ1) is 9.61. The summed E-state index contributed by atoms with van der Waals surface area (Å²) >= 11 is 0. The standard InChI is InChI=1S/C15H20N4O2/c1-14(2)12(21)19(4)13(17)18-15(14,3)10-7-5-6-9(8-10)11(16)20/h5-8H,1-4H3,(H2,16,20)(H2,17,18)/t15-/m1/s1. The Balaban J connectivity index is 2.67. The maximum atomic E-state index is 12.5. The number of guanidine groups is 1. The van der Waals surface area contributed by atoms with Gasteiger partial charge in [-0.05, 0) is 38.5 Å². The number of hydrogen-bond donors (Lipinski definition) is 2. The molecule has 4 N–H and O–H groups in total. The maximum Gasteiger partial charge on any atom is 0.248 e. The summed E-state index contributed by atoms with van der Waals surface area (Å²) in [4.78, 5) is 29.8. The molecule has 1 aromatic carbocycles. The molecule has 0 radical (unpaired) electrons. The van der Waals surface area contributed by atoms with E-state index in [2.05, 4.69) is 4.99 Å². The van der Waals surface area contributed by atoms with E-state index in [4.69, 9.17) is 11.5 Å². The number of nitrogens with two attached hydrogens (primary N) is 2. The molecular formula is C15H20N4O2. The first-order valence-electron chi connectivity index (χ1n) is 6.65. The van der Waals surface area contributed by atoms with Crippen molar-refractivity contribution in [3.05, 3.63) is 35.4 Å². The molecule has 1 heterocycles. The molecule has 1 aliphatic rings. The summed E-state index contributed by atoms with van der Waals surface area (Å²) in [6, 6.07) is 6.85. The zero-order valence-electron chi connectivity index (χ0n) is 12.7. The number of hydrogen-bond acceptors (Lipinski definition) is 4. The molecule has 1 aromatic rings. The van der Waals surface area contributed by atoms with Crippen molar-refractivity contribution in [1.82, 2.24) is 4.90 Å². The third kappa shape index (κ3) is 2.07. The van der Waals surface area contributed by atoms with Gasteiger partial charge in [-0.1, -0.05) is 12.1 Å². The van der Waals surface area contributed by atoms with Crippen molar-refractivity contribution in [2.75, 3.05) is 7.05 Å². The molecule has 6 nitrogen and oxygen atoms in total. The van der Waals surface area contributed by atoms with Crippen LogP contribution in [0.3, 0.4) is 0 Å². The number of rotatable bonds is 2. The molecule has 2 rings (SSSR count). The molecule has 112 valence electrons. The van der Waals surface area contributed by atoms with E-state index in [0.29, 0.717) is 5.56 Å². The van der Waals surface area contributed by atoms with E-state index < -0.39 is 16.9 Å². The van der Waals surface area contributed by atoms with Crippen molar-refractivity contribution in [3.8, 4) is 0 Å². The van der Waals surface area contributed by atoms with Gasteiger partial charge in [0, 0.05) is 12.6 Å². The Bertz CT molecular complexity index is 651. The van der Waals surface area contributed by atoms with Gasteiger partial charge in [0.15, 0.2) is 5.96 Å². The maximum absolute atomic E-state index is 12.5. The molecule has 0 saturated heterocycles. The number of amides is 2. The summed E-state index contributed by atoms with van der Waals surface area (Å²) in [5, 5.41) is 0. The summed E-state index contributed by atoms with van der Waals surface area (Å²) in [6.45, 7) is 5.47. The van der Waals surface area contributed by atoms with Gasteiger partial charge in [-0.25, -0.2) is 4.99 Å². The van der Waals surface area contributed by atoms with Crippen LogP contribution in [0.4, 0.5) is 0 Å². The van der Waals surface area contributed by atoms with E-state index in [1.807, 2.05) is 26.8 Å². The molecule has 0 aromatic heterocycles.